The minimum absolute atomic E-state index is 0.101. The highest BCUT2D eigenvalue weighted by atomic mass is 16.2. The molecule has 3 rings (SSSR count). The van der Waals surface area contributed by atoms with Crippen LogP contribution in [0.5, 0.6) is 0 Å². The highest BCUT2D eigenvalue weighted by Crippen LogP contribution is 2.27. The SMILES string of the molecule is Cc1cc(C(C)(C)C)cc(C)c1CCNC(=O)NNC(=O)c1c(C)nc2ccccn12. The summed E-state index contributed by atoms with van der Waals surface area (Å²) in [5.41, 5.74) is 11.6. The van der Waals surface area contributed by atoms with E-state index < -0.39 is 11.9 Å². The lowest BCUT2D eigenvalue weighted by Gasteiger charge is -2.22. The predicted molar refractivity (Wildman–Crippen MR) is 122 cm³/mol. The Morgan fingerprint density at radius 1 is 1.03 bits per heavy atom. The second-order valence-electron chi connectivity index (χ2n) is 8.90. The van der Waals surface area contributed by atoms with Crippen LogP contribution in [0.4, 0.5) is 4.79 Å². The third kappa shape index (κ3) is 5.05. The summed E-state index contributed by atoms with van der Waals surface area (Å²) in [4.78, 5) is 29.0. The van der Waals surface area contributed by atoms with E-state index in [0.717, 1.165) is 6.42 Å². The van der Waals surface area contributed by atoms with Crippen molar-refractivity contribution >= 4 is 17.6 Å². The Labute approximate surface area is 183 Å². The number of aryl methyl sites for hydroxylation is 3. The fourth-order valence-electron chi connectivity index (χ4n) is 3.73. The first-order valence-electron chi connectivity index (χ1n) is 10.5. The van der Waals surface area contributed by atoms with Crippen LogP contribution in [0.3, 0.4) is 0 Å². The number of imidazole rings is 1. The summed E-state index contributed by atoms with van der Waals surface area (Å²) in [6.07, 6.45) is 2.48. The molecule has 0 spiro atoms. The fraction of sp³-hybridized carbons (Fsp3) is 0.375. The first-order chi connectivity index (χ1) is 14.6. The van der Waals surface area contributed by atoms with Gasteiger partial charge in [-0.05, 0) is 67.0 Å². The summed E-state index contributed by atoms with van der Waals surface area (Å²) in [7, 11) is 0. The first-order valence-corrected chi connectivity index (χ1v) is 10.5. The van der Waals surface area contributed by atoms with E-state index in [1.54, 1.807) is 17.5 Å². The van der Waals surface area contributed by atoms with Gasteiger partial charge >= 0.3 is 6.03 Å². The second-order valence-corrected chi connectivity index (χ2v) is 8.90. The molecule has 0 atom stereocenters. The van der Waals surface area contributed by atoms with Crippen molar-refractivity contribution in [3.63, 3.8) is 0 Å². The number of carbonyl (C=O) groups is 2. The molecule has 0 unspecified atom stereocenters. The zero-order chi connectivity index (χ0) is 22.8. The molecule has 0 aliphatic carbocycles. The molecule has 0 bridgehead atoms. The second kappa shape index (κ2) is 8.79. The van der Waals surface area contributed by atoms with Gasteiger partial charge in [0.15, 0.2) is 0 Å². The molecule has 0 saturated heterocycles. The molecule has 7 nitrogen and oxygen atoms in total. The zero-order valence-electron chi connectivity index (χ0n) is 19.1. The molecular weight excluding hydrogens is 390 g/mol. The number of hydrogen-bond acceptors (Lipinski definition) is 3. The summed E-state index contributed by atoms with van der Waals surface area (Å²) in [5.74, 6) is -0.421. The third-order valence-electron chi connectivity index (χ3n) is 5.43. The maximum absolute atomic E-state index is 12.5. The number of fused-ring (bicyclic) bond motifs is 1. The Hall–Kier alpha value is -3.35. The normalized spacial score (nSPS) is 11.4. The van der Waals surface area contributed by atoms with E-state index >= 15 is 0 Å². The number of rotatable bonds is 4. The van der Waals surface area contributed by atoms with Gasteiger partial charge < -0.3 is 5.32 Å². The van der Waals surface area contributed by atoms with Crippen molar-refractivity contribution in [2.24, 2.45) is 0 Å². The Bertz CT molecular complexity index is 1100. The van der Waals surface area contributed by atoms with E-state index in [1.807, 2.05) is 18.2 Å². The number of hydrogen-bond donors (Lipinski definition) is 3. The van der Waals surface area contributed by atoms with Crippen molar-refractivity contribution in [1.82, 2.24) is 25.6 Å². The number of hydrazine groups is 1. The Morgan fingerprint density at radius 2 is 1.71 bits per heavy atom. The number of nitrogens with zero attached hydrogens (tertiary/aromatic N) is 2. The van der Waals surface area contributed by atoms with E-state index in [4.69, 9.17) is 0 Å². The van der Waals surface area contributed by atoms with E-state index in [-0.39, 0.29) is 5.41 Å². The number of carbonyl (C=O) groups excluding carboxylic acids is 2. The number of urea groups is 1. The molecule has 2 heterocycles. The lowest BCUT2D eigenvalue weighted by Crippen LogP contribution is -2.47. The first kappa shape index (κ1) is 22.3. The minimum Gasteiger partial charge on any atom is -0.336 e. The molecular formula is C24H31N5O2. The number of aromatic nitrogens is 2. The predicted octanol–water partition coefficient (Wildman–Crippen LogP) is 3.74. The van der Waals surface area contributed by atoms with Crippen LogP contribution in [-0.4, -0.2) is 27.9 Å². The molecule has 2 aromatic heterocycles. The molecule has 31 heavy (non-hydrogen) atoms. The molecule has 1 aromatic carbocycles. The quantitative estimate of drug-likeness (QED) is 0.561. The Kier molecular flexibility index (Phi) is 6.34. The van der Waals surface area contributed by atoms with Crippen molar-refractivity contribution in [1.29, 1.82) is 0 Å². The smallest absolute Gasteiger partial charge is 0.333 e. The van der Waals surface area contributed by atoms with Gasteiger partial charge in [-0.3, -0.25) is 14.6 Å². The van der Waals surface area contributed by atoms with E-state index in [2.05, 4.69) is 67.9 Å². The maximum atomic E-state index is 12.5. The molecule has 3 N–H and O–H groups in total. The van der Waals surface area contributed by atoms with Crippen LogP contribution in [0.15, 0.2) is 36.5 Å². The Balaban J connectivity index is 1.54. The van der Waals surface area contributed by atoms with Crippen LogP contribution in [0.1, 0.15) is 59.2 Å². The fourth-order valence-corrected chi connectivity index (χ4v) is 3.73. The molecule has 7 heteroatoms. The summed E-state index contributed by atoms with van der Waals surface area (Å²) in [6, 6.07) is 9.49. The summed E-state index contributed by atoms with van der Waals surface area (Å²) in [5, 5.41) is 2.80. The maximum Gasteiger partial charge on any atom is 0.333 e. The molecule has 0 aliphatic rings. The highest BCUT2D eigenvalue weighted by molar-refractivity contribution is 5.95. The lowest BCUT2D eigenvalue weighted by atomic mass is 9.83. The largest absolute Gasteiger partial charge is 0.336 e. The van der Waals surface area contributed by atoms with Gasteiger partial charge in [0.05, 0.1) is 5.69 Å². The van der Waals surface area contributed by atoms with Gasteiger partial charge in [0, 0.05) is 12.7 Å². The zero-order valence-corrected chi connectivity index (χ0v) is 19.1. The van der Waals surface area contributed by atoms with Crippen molar-refractivity contribution < 1.29 is 9.59 Å². The third-order valence-corrected chi connectivity index (χ3v) is 5.43. The van der Waals surface area contributed by atoms with Crippen molar-refractivity contribution in [2.75, 3.05) is 6.54 Å². The number of benzene rings is 1. The summed E-state index contributed by atoms with van der Waals surface area (Å²) >= 11 is 0. The number of pyridine rings is 1. The van der Waals surface area contributed by atoms with Gasteiger partial charge in [0.2, 0.25) is 0 Å². The van der Waals surface area contributed by atoms with E-state index in [0.29, 0.717) is 23.6 Å². The molecule has 0 fully saturated rings. The van der Waals surface area contributed by atoms with Crippen molar-refractivity contribution in [3.05, 3.63) is 70.2 Å². The van der Waals surface area contributed by atoms with Gasteiger partial charge in [-0.1, -0.05) is 39.0 Å². The average Bonchev–Trinajstić information content (AvgIpc) is 3.03. The number of nitrogens with one attached hydrogen (secondary N) is 3. The highest BCUT2D eigenvalue weighted by Gasteiger charge is 2.18. The van der Waals surface area contributed by atoms with E-state index in [9.17, 15) is 9.59 Å². The molecule has 164 valence electrons. The monoisotopic (exact) mass is 421 g/mol. The van der Waals surface area contributed by atoms with Crippen LogP contribution in [0, 0.1) is 20.8 Å². The standard InChI is InChI=1S/C24H31N5O2/c1-15-13-18(24(4,5)6)14-16(2)19(15)10-11-25-23(31)28-27-22(30)21-17(3)26-20-9-7-8-12-29(20)21/h7-9,12-14H,10-11H2,1-6H3,(H,27,30)(H2,25,28,31). The molecule has 0 aliphatic heterocycles. The number of amides is 3. The van der Waals surface area contributed by atoms with Crippen LogP contribution in [0.25, 0.3) is 5.65 Å². The van der Waals surface area contributed by atoms with Crippen molar-refractivity contribution in [2.45, 2.75) is 53.4 Å². The lowest BCUT2D eigenvalue weighted by molar-refractivity contribution is 0.0929. The van der Waals surface area contributed by atoms with Crippen LogP contribution in [-0.2, 0) is 11.8 Å². The average molecular weight is 422 g/mol. The van der Waals surface area contributed by atoms with E-state index in [1.165, 1.54) is 22.3 Å². The van der Waals surface area contributed by atoms with Gasteiger partial charge in [-0.2, -0.15) is 0 Å². The molecule has 3 aromatic rings. The van der Waals surface area contributed by atoms with Gasteiger partial charge in [0.25, 0.3) is 5.91 Å². The summed E-state index contributed by atoms with van der Waals surface area (Å²) in [6.45, 7) is 13.1. The van der Waals surface area contributed by atoms with Crippen LogP contribution >= 0.6 is 0 Å². The van der Waals surface area contributed by atoms with Crippen LogP contribution in [0.2, 0.25) is 0 Å². The van der Waals surface area contributed by atoms with Gasteiger partial charge in [-0.25, -0.2) is 15.2 Å². The molecule has 0 saturated carbocycles. The van der Waals surface area contributed by atoms with Crippen molar-refractivity contribution in [3.8, 4) is 0 Å². The topological polar surface area (TPSA) is 87.5 Å². The Morgan fingerprint density at radius 3 is 2.35 bits per heavy atom. The molecule has 0 radical (unpaired) electrons. The van der Waals surface area contributed by atoms with Gasteiger partial charge in [-0.15, -0.1) is 0 Å². The molecule has 3 amide bonds. The minimum atomic E-state index is -0.457. The van der Waals surface area contributed by atoms with Gasteiger partial charge in [0.1, 0.15) is 11.3 Å². The summed E-state index contributed by atoms with van der Waals surface area (Å²) < 4.78 is 1.69. The van der Waals surface area contributed by atoms with Crippen LogP contribution < -0.4 is 16.2 Å².